The number of ether oxygens (including phenoxy) is 2. The summed E-state index contributed by atoms with van der Waals surface area (Å²) in [5.74, 6) is 0.899. The summed E-state index contributed by atoms with van der Waals surface area (Å²) in [6.45, 7) is 3.26. The van der Waals surface area contributed by atoms with Gasteiger partial charge in [-0.3, -0.25) is 4.99 Å². The zero-order valence-electron chi connectivity index (χ0n) is 9.12. The number of aliphatic imine (C=N–C) groups is 1. The van der Waals surface area contributed by atoms with E-state index in [-0.39, 0.29) is 0 Å². The molecule has 3 nitrogen and oxygen atoms in total. The van der Waals surface area contributed by atoms with Crippen LogP contribution in [0.5, 0.6) is 5.75 Å². The molecule has 80 valence electrons. The van der Waals surface area contributed by atoms with Gasteiger partial charge in [0.2, 0.25) is 0 Å². The lowest BCUT2D eigenvalue weighted by molar-refractivity contribution is 0.146. The molecule has 0 aromatic heterocycles. The van der Waals surface area contributed by atoms with Gasteiger partial charge in [0.15, 0.2) is 0 Å². The highest BCUT2D eigenvalue weighted by Crippen LogP contribution is 2.29. The smallest absolute Gasteiger partial charge is 0.119 e. The molecule has 0 amide bonds. The number of methoxy groups -OCH3 is 1. The Morgan fingerprint density at radius 2 is 2.20 bits per heavy atom. The van der Waals surface area contributed by atoms with Crippen molar-refractivity contribution >= 4 is 11.4 Å². The summed E-state index contributed by atoms with van der Waals surface area (Å²) in [4.78, 5) is 4.43. The van der Waals surface area contributed by atoms with Crippen LogP contribution in [0.3, 0.4) is 0 Å². The highest BCUT2D eigenvalue weighted by Gasteiger charge is 2.11. The number of nitrogens with zero attached hydrogens (tertiary/aromatic N) is 1. The van der Waals surface area contributed by atoms with Crippen LogP contribution >= 0.6 is 0 Å². The fraction of sp³-hybridized carbons (Fsp3) is 0.417. The molecule has 0 aliphatic carbocycles. The fourth-order valence-electron chi connectivity index (χ4n) is 1.67. The fourth-order valence-corrected chi connectivity index (χ4v) is 1.67. The van der Waals surface area contributed by atoms with Crippen molar-refractivity contribution in [1.29, 1.82) is 0 Å². The van der Waals surface area contributed by atoms with Crippen molar-refractivity contribution in [2.75, 3.05) is 20.3 Å². The van der Waals surface area contributed by atoms with Crippen LogP contribution in [0.25, 0.3) is 0 Å². The van der Waals surface area contributed by atoms with Gasteiger partial charge in [-0.1, -0.05) is 0 Å². The molecule has 15 heavy (non-hydrogen) atoms. The molecule has 1 aliphatic heterocycles. The van der Waals surface area contributed by atoms with Gasteiger partial charge < -0.3 is 9.47 Å². The molecule has 1 heterocycles. The molecule has 0 fully saturated rings. The van der Waals surface area contributed by atoms with E-state index >= 15 is 0 Å². The summed E-state index contributed by atoms with van der Waals surface area (Å²) < 4.78 is 10.5. The molecule has 2 rings (SSSR count). The zero-order valence-corrected chi connectivity index (χ0v) is 9.12. The Hall–Kier alpha value is -1.35. The van der Waals surface area contributed by atoms with Crippen LogP contribution in [0.1, 0.15) is 12.5 Å². The van der Waals surface area contributed by atoms with E-state index in [0.29, 0.717) is 13.2 Å². The Labute approximate surface area is 89.7 Å². The Morgan fingerprint density at radius 1 is 1.33 bits per heavy atom. The second-order valence-corrected chi connectivity index (χ2v) is 3.66. The lowest BCUT2D eigenvalue weighted by Crippen LogP contribution is -2.04. The molecular formula is C12H15NO2. The first-order valence-electron chi connectivity index (χ1n) is 5.08. The highest BCUT2D eigenvalue weighted by atomic mass is 16.5. The third-order valence-corrected chi connectivity index (χ3v) is 2.36. The minimum atomic E-state index is 0.592. The van der Waals surface area contributed by atoms with Gasteiger partial charge in [-0.25, -0.2) is 0 Å². The number of fused-ring (bicyclic) bond motifs is 1. The molecule has 0 spiro atoms. The summed E-state index contributed by atoms with van der Waals surface area (Å²) in [6.07, 6.45) is 0.941. The molecule has 0 bridgehead atoms. The lowest BCUT2D eigenvalue weighted by Gasteiger charge is -2.06. The minimum Gasteiger partial charge on any atom is -0.491 e. The van der Waals surface area contributed by atoms with Gasteiger partial charge in [0, 0.05) is 19.2 Å². The first-order valence-corrected chi connectivity index (χ1v) is 5.08. The van der Waals surface area contributed by atoms with Gasteiger partial charge in [-0.05, 0) is 30.7 Å². The third kappa shape index (κ3) is 2.36. The van der Waals surface area contributed by atoms with Crippen LogP contribution in [-0.2, 0) is 11.2 Å². The number of hydrogen-bond acceptors (Lipinski definition) is 3. The molecule has 1 aromatic carbocycles. The van der Waals surface area contributed by atoms with Crippen LogP contribution in [0.4, 0.5) is 5.69 Å². The van der Waals surface area contributed by atoms with Crippen molar-refractivity contribution in [2.45, 2.75) is 13.3 Å². The van der Waals surface area contributed by atoms with E-state index < -0.39 is 0 Å². The lowest BCUT2D eigenvalue weighted by atomic mass is 10.1. The van der Waals surface area contributed by atoms with Crippen molar-refractivity contribution < 1.29 is 9.47 Å². The monoisotopic (exact) mass is 205 g/mol. The average molecular weight is 205 g/mol. The van der Waals surface area contributed by atoms with E-state index in [0.717, 1.165) is 17.9 Å². The summed E-state index contributed by atoms with van der Waals surface area (Å²) in [6, 6.07) is 6.02. The first kappa shape index (κ1) is 10.2. The SMILES string of the molecule is COCCOc1ccc2c(c1)CC(C)=N2. The van der Waals surface area contributed by atoms with Crippen molar-refractivity contribution in [2.24, 2.45) is 4.99 Å². The predicted octanol–water partition coefficient (Wildman–Crippen LogP) is 2.36. The van der Waals surface area contributed by atoms with E-state index in [1.54, 1.807) is 7.11 Å². The maximum atomic E-state index is 5.53. The standard InChI is InChI=1S/C12H15NO2/c1-9-7-10-8-11(15-6-5-14-2)3-4-12(10)13-9/h3-4,8H,5-7H2,1-2H3. The number of benzene rings is 1. The summed E-state index contributed by atoms with van der Waals surface area (Å²) >= 11 is 0. The molecule has 1 aliphatic rings. The van der Waals surface area contributed by atoms with Crippen LogP contribution in [0, 0.1) is 0 Å². The van der Waals surface area contributed by atoms with Crippen LogP contribution in [-0.4, -0.2) is 26.0 Å². The second-order valence-electron chi connectivity index (χ2n) is 3.66. The minimum absolute atomic E-state index is 0.592. The Kier molecular flexibility index (Phi) is 3.02. The Morgan fingerprint density at radius 3 is 3.00 bits per heavy atom. The summed E-state index contributed by atoms with van der Waals surface area (Å²) in [7, 11) is 1.67. The molecule has 0 unspecified atom stereocenters. The van der Waals surface area contributed by atoms with Crippen molar-refractivity contribution in [3.05, 3.63) is 23.8 Å². The highest BCUT2D eigenvalue weighted by molar-refractivity contribution is 5.92. The summed E-state index contributed by atoms with van der Waals surface area (Å²) in [5, 5.41) is 0. The van der Waals surface area contributed by atoms with Crippen molar-refractivity contribution in [3.8, 4) is 5.75 Å². The van der Waals surface area contributed by atoms with E-state index in [9.17, 15) is 0 Å². The average Bonchev–Trinajstić information content (AvgIpc) is 2.57. The summed E-state index contributed by atoms with van der Waals surface area (Å²) in [5.41, 5.74) is 3.49. The van der Waals surface area contributed by atoms with Crippen LogP contribution in [0.15, 0.2) is 23.2 Å². The normalized spacial score (nSPS) is 13.6. The number of hydrogen-bond donors (Lipinski definition) is 0. The molecule has 1 aromatic rings. The first-order chi connectivity index (χ1) is 7.29. The van der Waals surface area contributed by atoms with E-state index in [4.69, 9.17) is 9.47 Å². The molecular weight excluding hydrogens is 190 g/mol. The molecule has 3 heteroatoms. The third-order valence-electron chi connectivity index (χ3n) is 2.36. The topological polar surface area (TPSA) is 30.8 Å². The van der Waals surface area contributed by atoms with Crippen molar-refractivity contribution in [3.63, 3.8) is 0 Å². The molecule has 0 saturated heterocycles. The van der Waals surface area contributed by atoms with Crippen LogP contribution < -0.4 is 4.74 Å². The van der Waals surface area contributed by atoms with Gasteiger partial charge >= 0.3 is 0 Å². The molecule has 0 N–H and O–H groups in total. The van der Waals surface area contributed by atoms with Gasteiger partial charge in [0.1, 0.15) is 12.4 Å². The van der Waals surface area contributed by atoms with Gasteiger partial charge in [-0.2, -0.15) is 0 Å². The van der Waals surface area contributed by atoms with E-state index in [1.165, 1.54) is 11.3 Å². The van der Waals surface area contributed by atoms with Crippen LogP contribution in [0.2, 0.25) is 0 Å². The maximum Gasteiger partial charge on any atom is 0.119 e. The largest absolute Gasteiger partial charge is 0.491 e. The quantitative estimate of drug-likeness (QED) is 0.706. The Bertz CT molecular complexity index is 385. The van der Waals surface area contributed by atoms with E-state index in [1.807, 2.05) is 19.1 Å². The van der Waals surface area contributed by atoms with Crippen molar-refractivity contribution in [1.82, 2.24) is 0 Å². The second kappa shape index (κ2) is 4.45. The predicted molar refractivity (Wildman–Crippen MR) is 60.3 cm³/mol. The van der Waals surface area contributed by atoms with E-state index in [2.05, 4.69) is 11.1 Å². The number of rotatable bonds is 4. The molecule has 0 saturated carbocycles. The van der Waals surface area contributed by atoms with Gasteiger partial charge in [0.05, 0.1) is 12.3 Å². The molecule has 0 radical (unpaired) electrons. The maximum absolute atomic E-state index is 5.53. The van der Waals surface area contributed by atoms with Gasteiger partial charge in [-0.15, -0.1) is 0 Å². The zero-order chi connectivity index (χ0) is 10.7. The Balaban J connectivity index is 2.03. The molecule has 0 atom stereocenters. The van der Waals surface area contributed by atoms with Gasteiger partial charge in [0.25, 0.3) is 0 Å².